The van der Waals surface area contributed by atoms with Crippen LogP contribution in [0.15, 0.2) is 35.4 Å². The number of hydrogen-bond donors (Lipinski definition) is 3. The van der Waals surface area contributed by atoms with Crippen molar-refractivity contribution in [3.63, 3.8) is 0 Å². The molecular formula is C21H26F4N6O3S. The number of halogens is 4. The fourth-order valence-electron chi connectivity index (χ4n) is 4.72. The number of aromatic nitrogens is 2. The van der Waals surface area contributed by atoms with Crippen LogP contribution in [0.2, 0.25) is 0 Å². The highest BCUT2D eigenvalue weighted by Crippen LogP contribution is 2.34. The number of nitrogens with two attached hydrogens (primary N) is 2. The van der Waals surface area contributed by atoms with E-state index in [0.717, 1.165) is 30.7 Å². The number of rotatable bonds is 6. The molecule has 0 spiro atoms. The van der Waals surface area contributed by atoms with Crippen LogP contribution in [0.3, 0.4) is 0 Å². The van der Waals surface area contributed by atoms with Crippen LogP contribution in [0.25, 0.3) is 0 Å². The molecular weight excluding hydrogens is 492 g/mol. The summed E-state index contributed by atoms with van der Waals surface area (Å²) >= 11 is 0. The lowest BCUT2D eigenvalue weighted by atomic mass is 9.86. The van der Waals surface area contributed by atoms with E-state index in [9.17, 15) is 30.8 Å². The molecule has 4 rings (SSSR count). The number of alkyl halides is 4. The summed E-state index contributed by atoms with van der Waals surface area (Å²) in [6.07, 6.45) is 3.25. The second-order valence-corrected chi connectivity index (χ2v) is 10.9. The van der Waals surface area contributed by atoms with Crippen LogP contribution in [-0.4, -0.2) is 65.9 Å². The summed E-state index contributed by atoms with van der Waals surface area (Å²) in [6, 6.07) is 3.53. The molecule has 35 heavy (non-hydrogen) atoms. The van der Waals surface area contributed by atoms with Crippen LogP contribution in [-0.2, 0) is 9.84 Å². The molecule has 1 aromatic heterocycles. The normalized spacial score (nSPS) is 26.1. The van der Waals surface area contributed by atoms with Crippen LogP contribution >= 0.6 is 0 Å². The van der Waals surface area contributed by atoms with Crippen molar-refractivity contribution in [1.82, 2.24) is 14.7 Å². The van der Waals surface area contributed by atoms with Gasteiger partial charge in [0.25, 0.3) is 15.7 Å². The lowest BCUT2D eigenvalue weighted by Gasteiger charge is -2.38. The highest BCUT2D eigenvalue weighted by molar-refractivity contribution is 7.92. The van der Waals surface area contributed by atoms with Crippen molar-refractivity contribution in [1.29, 1.82) is 0 Å². The van der Waals surface area contributed by atoms with E-state index in [2.05, 4.69) is 15.3 Å². The van der Waals surface area contributed by atoms with Crippen molar-refractivity contribution in [2.75, 3.05) is 18.4 Å². The summed E-state index contributed by atoms with van der Waals surface area (Å²) in [4.78, 5) is 13.2. The molecule has 2 fully saturated rings. The summed E-state index contributed by atoms with van der Waals surface area (Å²) in [5, 5.41) is 7.20. The third-order valence-corrected chi connectivity index (χ3v) is 8.08. The van der Waals surface area contributed by atoms with Crippen molar-refractivity contribution < 1.29 is 30.8 Å². The van der Waals surface area contributed by atoms with Crippen LogP contribution in [0.5, 0.6) is 0 Å². The number of primary amides is 1. The van der Waals surface area contributed by atoms with E-state index in [1.54, 1.807) is 4.68 Å². The standard InChI is InChI=1S/C21H26F4N6O3S/c22-12-7-8-30(10-12)14-3-6-18(17(26)9-14)31-11-16(19(27)32)20(29-31)28-13-1-4-15(5-2-13)35(33,34)21(23,24)25/h1-2,4-5,11-12,14,17-18H,3,6-10,26H2,(H2,27,32)(H,28,29)/t12-,14?,17+,18+/m1/s1. The topological polar surface area (TPSA) is 136 Å². The van der Waals surface area contributed by atoms with Gasteiger partial charge in [0.05, 0.1) is 10.9 Å². The van der Waals surface area contributed by atoms with Gasteiger partial charge in [0.2, 0.25) is 0 Å². The monoisotopic (exact) mass is 518 g/mol. The number of hydrogen-bond acceptors (Lipinski definition) is 7. The Morgan fingerprint density at radius 1 is 1.14 bits per heavy atom. The number of carbonyl (C=O) groups is 1. The van der Waals surface area contributed by atoms with Gasteiger partial charge in [-0.25, -0.2) is 12.8 Å². The highest BCUT2D eigenvalue weighted by atomic mass is 32.2. The highest BCUT2D eigenvalue weighted by Gasteiger charge is 2.46. The summed E-state index contributed by atoms with van der Waals surface area (Å²) < 4.78 is 76.5. The molecule has 1 aromatic carbocycles. The molecule has 0 radical (unpaired) electrons. The Hall–Kier alpha value is -2.71. The number of carbonyl (C=O) groups excluding carboxylic acids is 1. The van der Waals surface area contributed by atoms with Gasteiger partial charge in [0.1, 0.15) is 11.7 Å². The molecule has 2 aliphatic rings. The molecule has 1 aliphatic carbocycles. The van der Waals surface area contributed by atoms with Crippen molar-refractivity contribution in [2.24, 2.45) is 11.5 Å². The zero-order chi connectivity index (χ0) is 25.5. The van der Waals surface area contributed by atoms with Crippen LogP contribution in [0, 0.1) is 0 Å². The molecule has 2 heterocycles. The lowest BCUT2D eigenvalue weighted by Crippen LogP contribution is -2.46. The van der Waals surface area contributed by atoms with Gasteiger partial charge in [-0.05, 0) is 49.9 Å². The minimum absolute atomic E-state index is 0.0473. The first-order chi connectivity index (χ1) is 16.4. The molecule has 0 bridgehead atoms. The maximum atomic E-state index is 13.6. The van der Waals surface area contributed by atoms with Gasteiger partial charge in [-0.3, -0.25) is 14.4 Å². The lowest BCUT2D eigenvalue weighted by molar-refractivity contribution is -0.0436. The van der Waals surface area contributed by atoms with Crippen molar-refractivity contribution in [2.45, 2.75) is 60.4 Å². The first-order valence-electron chi connectivity index (χ1n) is 11.1. The van der Waals surface area contributed by atoms with E-state index in [-0.39, 0.29) is 35.2 Å². The largest absolute Gasteiger partial charge is 0.501 e. The molecule has 1 aliphatic heterocycles. The van der Waals surface area contributed by atoms with Gasteiger partial charge < -0.3 is 16.8 Å². The summed E-state index contributed by atoms with van der Waals surface area (Å²) in [5.74, 6) is -0.707. The molecule has 14 heteroatoms. The first-order valence-corrected chi connectivity index (χ1v) is 12.6. The average Bonchev–Trinajstić information content (AvgIpc) is 3.40. The molecule has 1 amide bonds. The van der Waals surface area contributed by atoms with E-state index in [1.807, 2.05) is 0 Å². The fraction of sp³-hybridized carbons (Fsp3) is 0.524. The van der Waals surface area contributed by atoms with Crippen molar-refractivity contribution in [3.8, 4) is 0 Å². The Kier molecular flexibility index (Phi) is 6.81. The van der Waals surface area contributed by atoms with Gasteiger partial charge in [-0.2, -0.15) is 18.3 Å². The predicted molar refractivity (Wildman–Crippen MR) is 119 cm³/mol. The zero-order valence-electron chi connectivity index (χ0n) is 18.6. The maximum absolute atomic E-state index is 13.6. The molecule has 2 aromatic rings. The van der Waals surface area contributed by atoms with Gasteiger partial charge >= 0.3 is 5.51 Å². The minimum Gasteiger partial charge on any atom is -0.365 e. The maximum Gasteiger partial charge on any atom is 0.501 e. The molecule has 1 saturated heterocycles. The predicted octanol–water partition coefficient (Wildman–Crippen LogP) is 2.48. The smallest absolute Gasteiger partial charge is 0.365 e. The van der Waals surface area contributed by atoms with Crippen LogP contribution < -0.4 is 16.8 Å². The van der Waals surface area contributed by atoms with Gasteiger partial charge in [0, 0.05) is 37.1 Å². The molecule has 1 unspecified atom stereocenters. The van der Waals surface area contributed by atoms with Crippen molar-refractivity contribution in [3.05, 3.63) is 36.0 Å². The third kappa shape index (κ3) is 5.14. The first kappa shape index (κ1) is 25.4. The zero-order valence-corrected chi connectivity index (χ0v) is 19.4. The molecule has 9 nitrogen and oxygen atoms in total. The van der Waals surface area contributed by atoms with Crippen LogP contribution in [0.4, 0.5) is 29.1 Å². The second kappa shape index (κ2) is 9.39. The average molecular weight is 519 g/mol. The minimum atomic E-state index is -5.48. The Morgan fingerprint density at radius 2 is 1.83 bits per heavy atom. The number of sulfone groups is 1. The molecule has 4 atom stereocenters. The number of amides is 1. The quantitative estimate of drug-likeness (QED) is 0.500. The van der Waals surface area contributed by atoms with E-state index in [0.29, 0.717) is 32.4 Å². The number of nitrogens with zero attached hydrogens (tertiary/aromatic N) is 3. The van der Waals surface area contributed by atoms with E-state index >= 15 is 0 Å². The summed E-state index contributed by atoms with van der Waals surface area (Å²) in [6.45, 7) is 1.11. The van der Waals surface area contributed by atoms with E-state index < -0.39 is 32.3 Å². The number of nitrogens with one attached hydrogen (secondary N) is 1. The fourth-order valence-corrected chi connectivity index (χ4v) is 5.48. The summed E-state index contributed by atoms with van der Waals surface area (Å²) in [5.41, 5.74) is 6.74. The SMILES string of the molecule is NC(=O)c1cn([C@H]2CCC(N3CC[C@@H](F)C3)C[C@@H]2N)nc1Nc1ccc(S(=O)(=O)C(F)(F)F)cc1. The third-order valence-electron chi connectivity index (χ3n) is 6.58. The molecule has 5 N–H and O–H groups in total. The Labute approximate surface area is 199 Å². The number of anilines is 2. The molecule has 192 valence electrons. The number of likely N-dealkylation sites (tertiary alicyclic amines) is 1. The number of benzene rings is 1. The van der Waals surface area contributed by atoms with Gasteiger partial charge in [-0.1, -0.05) is 0 Å². The van der Waals surface area contributed by atoms with Gasteiger partial charge in [0.15, 0.2) is 5.82 Å². The second-order valence-electron chi connectivity index (χ2n) is 8.91. The Balaban J connectivity index is 1.50. The van der Waals surface area contributed by atoms with E-state index in [4.69, 9.17) is 11.5 Å². The summed E-state index contributed by atoms with van der Waals surface area (Å²) in [7, 11) is -5.48. The van der Waals surface area contributed by atoms with E-state index in [1.165, 1.54) is 6.20 Å². The van der Waals surface area contributed by atoms with Crippen molar-refractivity contribution >= 4 is 27.2 Å². The van der Waals surface area contributed by atoms with Crippen LogP contribution in [0.1, 0.15) is 42.1 Å². The molecule has 1 saturated carbocycles. The Morgan fingerprint density at radius 3 is 2.37 bits per heavy atom. The Bertz CT molecular complexity index is 1180. The van der Waals surface area contributed by atoms with Gasteiger partial charge in [-0.15, -0.1) is 0 Å².